The molecule has 0 bridgehead atoms. The quantitative estimate of drug-likeness (QED) is 0.638. The Hall–Kier alpha value is -1.43. The van der Waals surface area contributed by atoms with E-state index in [4.69, 9.17) is 17.4 Å². The summed E-state index contributed by atoms with van der Waals surface area (Å²) in [4.78, 5) is 0. The maximum atomic E-state index is 6.00. The van der Waals surface area contributed by atoms with Crippen molar-refractivity contribution in [3.8, 4) is 0 Å². The van der Waals surface area contributed by atoms with Crippen LogP contribution in [0.4, 0.5) is 0 Å². The minimum Gasteiger partial charge on any atom is -0.271 e. The number of hydrazine groups is 1. The Morgan fingerprint density at radius 1 is 1.47 bits per heavy atom. The molecule has 6 heteroatoms. The maximum absolute atomic E-state index is 6.00. The molecule has 1 atom stereocenters. The number of halogens is 1. The van der Waals surface area contributed by atoms with E-state index in [2.05, 4.69) is 15.7 Å². The molecule has 0 amide bonds. The largest absolute Gasteiger partial charge is 0.271 e. The average Bonchev–Trinajstić information content (AvgIpc) is 2.71. The molecular weight excluding hydrogens is 238 g/mol. The lowest BCUT2D eigenvalue weighted by atomic mass is 10.0. The monoisotopic (exact) mass is 251 g/mol. The number of hydrogen-bond acceptors (Lipinski definition) is 4. The molecule has 0 aliphatic carbocycles. The summed E-state index contributed by atoms with van der Waals surface area (Å²) in [6, 6.07) is 5.65. The molecule has 1 aromatic heterocycles. The number of hydrogen-bond donors (Lipinski definition) is 2. The molecule has 3 N–H and O–H groups in total. The van der Waals surface area contributed by atoms with Crippen LogP contribution in [0, 0.1) is 6.92 Å². The van der Waals surface area contributed by atoms with Gasteiger partial charge in [-0.2, -0.15) is 0 Å². The van der Waals surface area contributed by atoms with Crippen molar-refractivity contribution in [3.05, 3.63) is 46.2 Å². The van der Waals surface area contributed by atoms with Crippen LogP contribution in [0.15, 0.2) is 24.4 Å². The molecular formula is C11H14ClN5. The molecule has 1 heterocycles. The van der Waals surface area contributed by atoms with Crippen LogP contribution in [0.1, 0.15) is 22.9 Å². The second-order valence-corrected chi connectivity index (χ2v) is 4.30. The standard InChI is InChI=1S/C11H14ClN5/c1-7-5-8(3-4-9(7)12)11(15-13)10-6-14-16-17(10)2/h3-6,11,15H,13H2,1-2H3. The van der Waals surface area contributed by atoms with Crippen LogP contribution >= 0.6 is 11.6 Å². The van der Waals surface area contributed by atoms with Gasteiger partial charge in [0.25, 0.3) is 0 Å². The van der Waals surface area contributed by atoms with Gasteiger partial charge in [-0.3, -0.25) is 10.5 Å². The lowest BCUT2D eigenvalue weighted by molar-refractivity contribution is 0.570. The van der Waals surface area contributed by atoms with Gasteiger partial charge in [-0.25, -0.2) is 5.43 Å². The van der Waals surface area contributed by atoms with E-state index < -0.39 is 0 Å². The maximum Gasteiger partial charge on any atom is 0.0894 e. The van der Waals surface area contributed by atoms with Gasteiger partial charge < -0.3 is 0 Å². The third kappa shape index (κ3) is 2.31. The number of benzene rings is 1. The zero-order chi connectivity index (χ0) is 12.4. The lowest BCUT2D eigenvalue weighted by Gasteiger charge is -2.16. The SMILES string of the molecule is Cc1cc(C(NN)c2cnnn2C)ccc1Cl. The molecule has 0 radical (unpaired) electrons. The summed E-state index contributed by atoms with van der Waals surface area (Å²) in [7, 11) is 1.83. The summed E-state index contributed by atoms with van der Waals surface area (Å²) in [6.45, 7) is 1.96. The number of nitrogens with two attached hydrogens (primary N) is 1. The van der Waals surface area contributed by atoms with E-state index in [9.17, 15) is 0 Å². The van der Waals surface area contributed by atoms with Crippen LogP contribution in [-0.2, 0) is 7.05 Å². The minimum absolute atomic E-state index is 0.147. The van der Waals surface area contributed by atoms with E-state index in [0.29, 0.717) is 0 Å². The molecule has 0 aliphatic heterocycles. The second kappa shape index (κ2) is 4.83. The Morgan fingerprint density at radius 2 is 2.24 bits per heavy atom. The van der Waals surface area contributed by atoms with E-state index >= 15 is 0 Å². The summed E-state index contributed by atoms with van der Waals surface area (Å²) in [5.74, 6) is 5.60. The van der Waals surface area contributed by atoms with Gasteiger partial charge in [0.1, 0.15) is 0 Å². The van der Waals surface area contributed by atoms with Crippen LogP contribution in [0.5, 0.6) is 0 Å². The van der Waals surface area contributed by atoms with E-state index in [1.54, 1.807) is 10.9 Å². The molecule has 0 spiro atoms. The molecule has 0 saturated heterocycles. The highest BCUT2D eigenvalue weighted by Gasteiger charge is 2.16. The molecule has 0 saturated carbocycles. The Morgan fingerprint density at radius 3 is 2.76 bits per heavy atom. The Bertz CT molecular complexity index is 522. The molecule has 2 rings (SSSR count). The molecule has 1 aromatic carbocycles. The number of nitrogens with zero attached hydrogens (tertiary/aromatic N) is 3. The first-order chi connectivity index (χ1) is 8.13. The van der Waals surface area contributed by atoms with Crippen molar-refractivity contribution < 1.29 is 0 Å². The van der Waals surface area contributed by atoms with Gasteiger partial charge in [-0.15, -0.1) is 5.10 Å². The van der Waals surface area contributed by atoms with Crippen molar-refractivity contribution in [2.75, 3.05) is 0 Å². The van der Waals surface area contributed by atoms with Crippen LogP contribution in [-0.4, -0.2) is 15.0 Å². The van der Waals surface area contributed by atoms with E-state index in [1.807, 2.05) is 32.2 Å². The average molecular weight is 252 g/mol. The Balaban J connectivity index is 2.42. The zero-order valence-corrected chi connectivity index (χ0v) is 10.4. The predicted octanol–water partition coefficient (Wildman–Crippen LogP) is 1.33. The first kappa shape index (κ1) is 12.0. The first-order valence-electron chi connectivity index (χ1n) is 5.20. The van der Waals surface area contributed by atoms with Crippen molar-refractivity contribution in [1.82, 2.24) is 20.4 Å². The highest BCUT2D eigenvalue weighted by Crippen LogP contribution is 2.24. The third-order valence-corrected chi connectivity index (χ3v) is 3.15. The van der Waals surface area contributed by atoms with Gasteiger partial charge in [0.05, 0.1) is 17.9 Å². The fourth-order valence-corrected chi connectivity index (χ4v) is 1.88. The number of aryl methyl sites for hydroxylation is 2. The van der Waals surface area contributed by atoms with Crippen LogP contribution < -0.4 is 11.3 Å². The van der Waals surface area contributed by atoms with Crippen molar-refractivity contribution in [2.45, 2.75) is 13.0 Å². The summed E-state index contributed by atoms with van der Waals surface area (Å²) >= 11 is 6.00. The summed E-state index contributed by atoms with van der Waals surface area (Å²) in [5.41, 5.74) is 5.70. The molecule has 0 aliphatic rings. The van der Waals surface area contributed by atoms with Gasteiger partial charge in [0.15, 0.2) is 0 Å². The zero-order valence-electron chi connectivity index (χ0n) is 9.68. The molecule has 2 aromatic rings. The minimum atomic E-state index is -0.147. The number of nitrogens with one attached hydrogen (secondary N) is 1. The molecule has 0 fully saturated rings. The fourth-order valence-electron chi connectivity index (χ4n) is 1.76. The van der Waals surface area contributed by atoms with Crippen molar-refractivity contribution in [3.63, 3.8) is 0 Å². The lowest BCUT2D eigenvalue weighted by Crippen LogP contribution is -2.30. The van der Waals surface area contributed by atoms with Crippen molar-refractivity contribution in [2.24, 2.45) is 12.9 Å². The smallest absolute Gasteiger partial charge is 0.0894 e. The van der Waals surface area contributed by atoms with Crippen LogP contribution in [0.25, 0.3) is 0 Å². The summed E-state index contributed by atoms with van der Waals surface area (Å²) in [6.07, 6.45) is 1.69. The molecule has 1 unspecified atom stereocenters. The fraction of sp³-hybridized carbons (Fsp3) is 0.273. The molecule has 17 heavy (non-hydrogen) atoms. The van der Waals surface area contributed by atoms with Crippen molar-refractivity contribution >= 4 is 11.6 Å². The topological polar surface area (TPSA) is 68.8 Å². The van der Waals surface area contributed by atoms with Gasteiger partial charge in [0.2, 0.25) is 0 Å². The van der Waals surface area contributed by atoms with E-state index in [1.165, 1.54) is 0 Å². The van der Waals surface area contributed by atoms with Crippen molar-refractivity contribution in [1.29, 1.82) is 0 Å². The summed E-state index contributed by atoms with van der Waals surface area (Å²) in [5, 5.41) is 8.49. The normalized spacial score (nSPS) is 12.7. The first-order valence-corrected chi connectivity index (χ1v) is 5.58. The van der Waals surface area contributed by atoms with Gasteiger partial charge in [-0.1, -0.05) is 28.9 Å². The van der Waals surface area contributed by atoms with Crippen LogP contribution in [0.3, 0.4) is 0 Å². The summed E-state index contributed by atoms with van der Waals surface area (Å²) < 4.78 is 1.69. The number of rotatable bonds is 3. The van der Waals surface area contributed by atoms with Gasteiger partial charge in [0, 0.05) is 12.1 Å². The molecule has 90 valence electrons. The number of aromatic nitrogens is 3. The van der Waals surface area contributed by atoms with E-state index in [0.717, 1.165) is 21.8 Å². The Labute approximate surface area is 105 Å². The van der Waals surface area contributed by atoms with Gasteiger partial charge >= 0.3 is 0 Å². The highest BCUT2D eigenvalue weighted by molar-refractivity contribution is 6.31. The van der Waals surface area contributed by atoms with Crippen LogP contribution in [0.2, 0.25) is 5.02 Å². The van der Waals surface area contributed by atoms with E-state index in [-0.39, 0.29) is 6.04 Å². The predicted molar refractivity (Wildman–Crippen MR) is 66.4 cm³/mol. The highest BCUT2D eigenvalue weighted by atomic mass is 35.5. The second-order valence-electron chi connectivity index (χ2n) is 3.89. The Kier molecular flexibility index (Phi) is 3.42. The third-order valence-electron chi connectivity index (χ3n) is 2.73. The molecule has 5 nitrogen and oxygen atoms in total. The van der Waals surface area contributed by atoms with Gasteiger partial charge in [-0.05, 0) is 24.1 Å².